The Morgan fingerprint density at radius 2 is 2.00 bits per heavy atom. The summed E-state index contributed by atoms with van der Waals surface area (Å²) in [7, 11) is 0. The quantitative estimate of drug-likeness (QED) is 0.416. The van der Waals surface area contributed by atoms with Crippen molar-refractivity contribution in [3.05, 3.63) is 56.7 Å². The average molecular weight is 431 g/mol. The van der Waals surface area contributed by atoms with E-state index in [0.29, 0.717) is 22.5 Å². The molecule has 11 heteroatoms. The van der Waals surface area contributed by atoms with Gasteiger partial charge < -0.3 is 9.32 Å². The van der Waals surface area contributed by atoms with Gasteiger partial charge in [0.15, 0.2) is 0 Å². The van der Waals surface area contributed by atoms with Gasteiger partial charge in [-0.1, -0.05) is 11.6 Å². The summed E-state index contributed by atoms with van der Waals surface area (Å²) in [4.78, 5) is 25.3. The minimum absolute atomic E-state index is 0.0646. The van der Waals surface area contributed by atoms with Crippen molar-refractivity contribution in [1.82, 2.24) is 24.9 Å². The minimum atomic E-state index is -0.478. The molecule has 1 saturated carbocycles. The average Bonchev–Trinajstić information content (AvgIpc) is 3.36. The number of halogens is 1. The van der Waals surface area contributed by atoms with E-state index in [0.717, 1.165) is 18.4 Å². The smallest absolute Gasteiger partial charge is 0.312 e. The lowest BCUT2D eigenvalue weighted by Gasteiger charge is -2.20. The van der Waals surface area contributed by atoms with Crippen molar-refractivity contribution in [2.45, 2.75) is 45.8 Å². The van der Waals surface area contributed by atoms with E-state index in [1.54, 1.807) is 43.0 Å². The van der Waals surface area contributed by atoms with Crippen LogP contribution in [0.4, 0.5) is 5.69 Å². The van der Waals surface area contributed by atoms with Gasteiger partial charge in [0.25, 0.3) is 0 Å². The van der Waals surface area contributed by atoms with Crippen LogP contribution in [0.3, 0.4) is 0 Å². The molecular formula is C19H19ClN6O4. The first-order valence-electron chi connectivity index (χ1n) is 9.39. The highest BCUT2D eigenvalue weighted by Gasteiger charge is 2.34. The summed E-state index contributed by atoms with van der Waals surface area (Å²) in [6.07, 6.45) is 1.78. The van der Waals surface area contributed by atoms with E-state index in [4.69, 9.17) is 16.0 Å². The maximum atomic E-state index is 12.9. The fourth-order valence-electron chi connectivity index (χ4n) is 3.30. The Morgan fingerprint density at radius 1 is 1.30 bits per heavy atom. The molecule has 1 aliphatic rings. The highest BCUT2D eigenvalue weighted by molar-refractivity contribution is 6.30. The molecule has 0 N–H and O–H groups in total. The molecule has 0 unspecified atom stereocenters. The number of hydrogen-bond acceptors (Lipinski definition) is 7. The van der Waals surface area contributed by atoms with Crippen LogP contribution >= 0.6 is 11.6 Å². The summed E-state index contributed by atoms with van der Waals surface area (Å²) >= 11 is 5.90. The van der Waals surface area contributed by atoms with Crippen molar-refractivity contribution in [1.29, 1.82) is 0 Å². The van der Waals surface area contributed by atoms with Crippen LogP contribution in [0.15, 0.2) is 28.7 Å². The Hall–Kier alpha value is -3.27. The Labute approximate surface area is 176 Å². The summed E-state index contributed by atoms with van der Waals surface area (Å²) in [5.41, 5.74) is 1.31. The number of nitrogens with zero attached hydrogens (tertiary/aromatic N) is 6. The van der Waals surface area contributed by atoms with Gasteiger partial charge in [-0.05, 0) is 51.0 Å². The van der Waals surface area contributed by atoms with Gasteiger partial charge in [-0.3, -0.25) is 19.6 Å². The molecular weight excluding hydrogens is 412 g/mol. The van der Waals surface area contributed by atoms with Crippen LogP contribution in [0.25, 0.3) is 11.5 Å². The molecule has 1 amide bonds. The summed E-state index contributed by atoms with van der Waals surface area (Å²) < 4.78 is 7.10. The van der Waals surface area contributed by atoms with Crippen LogP contribution in [0.5, 0.6) is 0 Å². The van der Waals surface area contributed by atoms with Crippen molar-refractivity contribution in [3.63, 3.8) is 0 Å². The monoisotopic (exact) mass is 430 g/mol. The lowest BCUT2D eigenvalue weighted by molar-refractivity contribution is -0.386. The second-order valence-electron chi connectivity index (χ2n) is 7.19. The van der Waals surface area contributed by atoms with Gasteiger partial charge in [-0.15, -0.1) is 10.2 Å². The summed E-state index contributed by atoms with van der Waals surface area (Å²) in [6, 6.07) is 7.11. The molecule has 10 nitrogen and oxygen atoms in total. The number of nitro groups is 1. The zero-order chi connectivity index (χ0) is 21.4. The molecule has 0 spiro atoms. The van der Waals surface area contributed by atoms with E-state index in [1.807, 2.05) is 0 Å². The molecule has 0 radical (unpaired) electrons. The minimum Gasteiger partial charge on any atom is -0.419 e. The molecule has 4 rings (SSSR count). The molecule has 1 aromatic carbocycles. The molecule has 0 bridgehead atoms. The number of rotatable bonds is 7. The zero-order valence-corrected chi connectivity index (χ0v) is 17.2. The van der Waals surface area contributed by atoms with Gasteiger partial charge in [0.2, 0.25) is 17.7 Å². The second kappa shape index (κ2) is 7.86. The largest absolute Gasteiger partial charge is 0.419 e. The third-order valence-electron chi connectivity index (χ3n) is 4.98. The van der Waals surface area contributed by atoms with Crippen molar-refractivity contribution in [3.8, 4) is 11.5 Å². The number of aryl methyl sites for hydroxylation is 1. The third-order valence-corrected chi connectivity index (χ3v) is 5.23. The third kappa shape index (κ3) is 4.04. The van der Waals surface area contributed by atoms with Crippen molar-refractivity contribution < 1.29 is 14.1 Å². The molecule has 0 atom stereocenters. The van der Waals surface area contributed by atoms with Crippen LogP contribution in [0.1, 0.15) is 30.1 Å². The fraction of sp³-hybridized carbons (Fsp3) is 0.368. The van der Waals surface area contributed by atoms with Gasteiger partial charge in [-0.2, -0.15) is 5.10 Å². The van der Waals surface area contributed by atoms with Crippen LogP contribution in [0, 0.1) is 24.0 Å². The van der Waals surface area contributed by atoms with Crippen LogP contribution in [0.2, 0.25) is 5.02 Å². The molecule has 156 valence electrons. The van der Waals surface area contributed by atoms with E-state index >= 15 is 0 Å². The number of carbonyl (C=O) groups is 1. The van der Waals surface area contributed by atoms with Crippen LogP contribution in [-0.2, 0) is 17.9 Å². The number of amides is 1. The molecule has 30 heavy (non-hydrogen) atoms. The highest BCUT2D eigenvalue weighted by atomic mass is 35.5. The topological polar surface area (TPSA) is 120 Å². The zero-order valence-electron chi connectivity index (χ0n) is 16.4. The molecule has 3 aromatic rings. The Kier molecular flexibility index (Phi) is 5.25. The Bertz CT molecular complexity index is 1100. The first-order chi connectivity index (χ1) is 14.3. The van der Waals surface area contributed by atoms with E-state index in [9.17, 15) is 14.9 Å². The molecule has 1 aliphatic carbocycles. The number of carbonyl (C=O) groups excluding carboxylic acids is 1. The van der Waals surface area contributed by atoms with Crippen molar-refractivity contribution >= 4 is 23.2 Å². The predicted molar refractivity (Wildman–Crippen MR) is 107 cm³/mol. The number of aromatic nitrogens is 4. The first kappa shape index (κ1) is 20.0. The fourth-order valence-corrected chi connectivity index (χ4v) is 3.43. The van der Waals surface area contributed by atoms with Crippen LogP contribution in [-0.4, -0.2) is 41.8 Å². The number of hydrogen-bond donors (Lipinski definition) is 0. The van der Waals surface area contributed by atoms with Gasteiger partial charge in [0, 0.05) is 16.6 Å². The summed E-state index contributed by atoms with van der Waals surface area (Å²) in [5.74, 6) is 0.461. The standard InChI is InChI=1S/C19H19ClN6O4/c1-11-18(26(28)29)12(2)25(23-11)10-17(27)24(15-7-8-15)9-16-21-22-19(30-16)13-3-5-14(20)6-4-13/h3-6,15H,7-10H2,1-2H3. The molecule has 2 heterocycles. The first-order valence-corrected chi connectivity index (χ1v) is 9.77. The maximum absolute atomic E-state index is 12.9. The summed E-state index contributed by atoms with van der Waals surface area (Å²) in [6.45, 7) is 3.23. The second-order valence-corrected chi connectivity index (χ2v) is 7.63. The Balaban J connectivity index is 1.50. The predicted octanol–water partition coefficient (Wildman–Crippen LogP) is 3.30. The van der Waals surface area contributed by atoms with Gasteiger partial charge in [0.1, 0.15) is 17.9 Å². The van der Waals surface area contributed by atoms with Gasteiger partial charge in [-0.25, -0.2) is 0 Å². The van der Waals surface area contributed by atoms with Gasteiger partial charge >= 0.3 is 5.69 Å². The highest BCUT2D eigenvalue weighted by Crippen LogP contribution is 2.30. The number of benzene rings is 1. The van der Waals surface area contributed by atoms with E-state index in [-0.39, 0.29) is 36.4 Å². The molecule has 0 aliphatic heterocycles. The lowest BCUT2D eigenvalue weighted by Crippen LogP contribution is -2.35. The SMILES string of the molecule is Cc1nn(CC(=O)N(Cc2nnc(-c3ccc(Cl)cc3)o2)C2CC2)c(C)c1[N+](=O)[O-]. The molecule has 0 saturated heterocycles. The van der Waals surface area contributed by atoms with Crippen molar-refractivity contribution in [2.24, 2.45) is 0 Å². The van der Waals surface area contributed by atoms with Crippen molar-refractivity contribution in [2.75, 3.05) is 0 Å². The molecule has 1 fully saturated rings. The molecule has 2 aromatic heterocycles. The van der Waals surface area contributed by atoms with E-state index in [2.05, 4.69) is 15.3 Å². The van der Waals surface area contributed by atoms with E-state index < -0.39 is 4.92 Å². The maximum Gasteiger partial charge on any atom is 0.312 e. The van der Waals surface area contributed by atoms with Crippen LogP contribution < -0.4 is 0 Å². The van der Waals surface area contributed by atoms with E-state index in [1.165, 1.54) is 4.68 Å². The Morgan fingerprint density at radius 3 is 2.60 bits per heavy atom. The normalized spacial score (nSPS) is 13.4. The lowest BCUT2D eigenvalue weighted by atomic mass is 10.2. The van der Waals surface area contributed by atoms with Gasteiger partial charge in [0.05, 0.1) is 11.5 Å². The summed E-state index contributed by atoms with van der Waals surface area (Å²) in [5, 5.41) is 24.1.